The lowest BCUT2D eigenvalue weighted by molar-refractivity contribution is 0.731. The van der Waals surface area contributed by atoms with Gasteiger partial charge in [-0.15, -0.1) is 0 Å². The van der Waals surface area contributed by atoms with Crippen LogP contribution in [0, 0.1) is 0 Å². The molecule has 0 bridgehead atoms. The predicted molar refractivity (Wildman–Crippen MR) is 125 cm³/mol. The number of aryl methyl sites for hydroxylation is 1. The molecule has 0 aliphatic rings. The second-order valence-corrected chi connectivity index (χ2v) is 6.92. The zero-order valence-corrected chi connectivity index (χ0v) is 17.0. The third kappa shape index (κ3) is 3.62. The SMILES string of the molecule is Cn1c(N)nc2ccccc21.Nc1c(N)n(-c2ccccc2)n(-c2ccccc2)c1=O. The molecule has 6 N–H and O–H groups in total. The van der Waals surface area contributed by atoms with Gasteiger partial charge in [-0.2, -0.15) is 0 Å². The Morgan fingerprint density at radius 1 is 0.710 bits per heavy atom. The highest BCUT2D eigenvalue weighted by Gasteiger charge is 2.17. The Labute approximate surface area is 178 Å². The fourth-order valence-electron chi connectivity index (χ4n) is 3.33. The van der Waals surface area contributed by atoms with Crippen LogP contribution >= 0.6 is 0 Å². The maximum Gasteiger partial charge on any atom is 0.297 e. The summed E-state index contributed by atoms with van der Waals surface area (Å²) in [6, 6.07) is 26.5. The number of aromatic nitrogens is 4. The summed E-state index contributed by atoms with van der Waals surface area (Å²) in [6.07, 6.45) is 0. The first kappa shape index (κ1) is 19.8. The fourth-order valence-corrected chi connectivity index (χ4v) is 3.33. The molecule has 2 aromatic heterocycles. The van der Waals surface area contributed by atoms with Crippen molar-refractivity contribution in [3.05, 3.63) is 95.3 Å². The summed E-state index contributed by atoms with van der Waals surface area (Å²) in [7, 11) is 1.91. The van der Waals surface area contributed by atoms with Gasteiger partial charge < -0.3 is 21.8 Å². The Morgan fingerprint density at radius 3 is 1.81 bits per heavy atom. The van der Waals surface area contributed by atoms with Crippen LogP contribution in [0.15, 0.2) is 89.7 Å². The summed E-state index contributed by atoms with van der Waals surface area (Å²) in [5, 5.41) is 0. The van der Waals surface area contributed by atoms with E-state index in [2.05, 4.69) is 4.98 Å². The third-order valence-corrected chi connectivity index (χ3v) is 4.95. The van der Waals surface area contributed by atoms with Crippen LogP contribution in [0.5, 0.6) is 0 Å². The average molecular weight is 413 g/mol. The first-order valence-corrected chi connectivity index (χ1v) is 9.65. The molecule has 8 heteroatoms. The molecule has 0 radical (unpaired) electrons. The van der Waals surface area contributed by atoms with Crippen molar-refractivity contribution < 1.29 is 0 Å². The number of benzene rings is 3. The van der Waals surface area contributed by atoms with Gasteiger partial charge in [-0.25, -0.2) is 14.3 Å². The van der Waals surface area contributed by atoms with Crippen molar-refractivity contribution in [3.8, 4) is 11.4 Å². The van der Waals surface area contributed by atoms with Crippen LogP contribution in [0.3, 0.4) is 0 Å². The number of fused-ring (bicyclic) bond motifs is 1. The highest BCUT2D eigenvalue weighted by atomic mass is 16.1. The maximum absolute atomic E-state index is 12.3. The Morgan fingerprint density at radius 2 is 1.23 bits per heavy atom. The van der Waals surface area contributed by atoms with Gasteiger partial charge in [0.15, 0.2) is 5.82 Å². The first-order chi connectivity index (χ1) is 15.0. The van der Waals surface area contributed by atoms with Crippen molar-refractivity contribution in [2.45, 2.75) is 0 Å². The molecule has 0 aliphatic carbocycles. The Balaban J connectivity index is 0.000000177. The molecule has 0 unspecified atom stereocenters. The minimum absolute atomic E-state index is 0.0534. The van der Waals surface area contributed by atoms with E-state index in [0.717, 1.165) is 16.7 Å². The number of nitrogens with two attached hydrogens (primary N) is 3. The molecule has 0 fully saturated rings. The first-order valence-electron chi connectivity index (χ1n) is 9.65. The number of hydrogen-bond donors (Lipinski definition) is 3. The summed E-state index contributed by atoms with van der Waals surface area (Å²) in [5.74, 6) is 0.802. The Kier molecular flexibility index (Phi) is 5.19. The molecule has 31 heavy (non-hydrogen) atoms. The zero-order chi connectivity index (χ0) is 22.0. The summed E-state index contributed by atoms with van der Waals surface area (Å²) in [6.45, 7) is 0. The van der Waals surface area contributed by atoms with Gasteiger partial charge in [0.25, 0.3) is 5.56 Å². The van der Waals surface area contributed by atoms with Gasteiger partial charge in [0.1, 0.15) is 5.69 Å². The minimum Gasteiger partial charge on any atom is -0.391 e. The number of hydrogen-bond acceptors (Lipinski definition) is 5. The van der Waals surface area contributed by atoms with Crippen molar-refractivity contribution in [1.29, 1.82) is 0 Å². The van der Waals surface area contributed by atoms with E-state index in [1.54, 1.807) is 4.68 Å². The van der Waals surface area contributed by atoms with Gasteiger partial charge >= 0.3 is 0 Å². The largest absolute Gasteiger partial charge is 0.391 e. The molecular weight excluding hydrogens is 390 g/mol. The van der Waals surface area contributed by atoms with Crippen LogP contribution in [0.4, 0.5) is 17.5 Å². The Bertz CT molecular complexity index is 1380. The number of anilines is 3. The van der Waals surface area contributed by atoms with Crippen molar-refractivity contribution in [2.75, 3.05) is 17.2 Å². The maximum atomic E-state index is 12.3. The van der Waals surface area contributed by atoms with Crippen LogP contribution in [-0.4, -0.2) is 18.9 Å². The van der Waals surface area contributed by atoms with Gasteiger partial charge in [0.2, 0.25) is 5.95 Å². The quantitative estimate of drug-likeness (QED) is 0.411. The second kappa shape index (κ2) is 8.11. The summed E-state index contributed by atoms with van der Waals surface area (Å²) in [5.41, 5.74) is 20.6. The molecule has 0 aliphatic heterocycles. The highest BCUT2D eigenvalue weighted by Crippen LogP contribution is 2.20. The molecule has 5 aromatic rings. The molecule has 0 amide bonds. The molecule has 0 spiro atoms. The molecule has 2 heterocycles. The molecule has 5 rings (SSSR count). The van der Waals surface area contributed by atoms with Gasteiger partial charge in [-0.3, -0.25) is 4.79 Å². The molecule has 0 saturated carbocycles. The standard InChI is InChI=1S/C15H14N4O.C8H9N3/c16-13-14(17)18(11-7-3-1-4-8-11)19(15(13)20)12-9-5-2-6-10-12;1-11-7-5-3-2-4-6(7)10-8(11)9/h1-10H,16-17H2;2-5H,1H3,(H2,9,10). The predicted octanol–water partition coefficient (Wildman–Crippen LogP) is 2.95. The van der Waals surface area contributed by atoms with Crippen LogP contribution in [-0.2, 0) is 7.05 Å². The number of imidazole rings is 1. The number of rotatable bonds is 2. The van der Waals surface area contributed by atoms with Crippen molar-refractivity contribution in [1.82, 2.24) is 18.9 Å². The van der Waals surface area contributed by atoms with Crippen LogP contribution in [0.25, 0.3) is 22.4 Å². The second-order valence-electron chi connectivity index (χ2n) is 6.92. The number of para-hydroxylation sites is 4. The lowest BCUT2D eigenvalue weighted by Gasteiger charge is -2.12. The van der Waals surface area contributed by atoms with E-state index in [4.69, 9.17) is 17.2 Å². The average Bonchev–Trinajstić information content (AvgIpc) is 3.23. The van der Waals surface area contributed by atoms with Gasteiger partial charge in [-0.05, 0) is 36.4 Å². The van der Waals surface area contributed by atoms with E-state index in [9.17, 15) is 4.79 Å². The smallest absolute Gasteiger partial charge is 0.297 e. The van der Waals surface area contributed by atoms with E-state index in [-0.39, 0.29) is 17.1 Å². The monoisotopic (exact) mass is 413 g/mol. The summed E-state index contributed by atoms with van der Waals surface area (Å²) in [4.78, 5) is 16.5. The van der Waals surface area contributed by atoms with Crippen molar-refractivity contribution in [3.63, 3.8) is 0 Å². The van der Waals surface area contributed by atoms with Crippen LogP contribution in [0.1, 0.15) is 0 Å². The zero-order valence-electron chi connectivity index (χ0n) is 17.0. The Hall–Kier alpha value is -4.46. The van der Waals surface area contributed by atoms with Crippen LogP contribution in [0.2, 0.25) is 0 Å². The summed E-state index contributed by atoms with van der Waals surface area (Å²) >= 11 is 0. The number of nitrogens with zero attached hydrogens (tertiary/aromatic N) is 4. The number of nitrogen functional groups attached to an aromatic ring is 3. The van der Waals surface area contributed by atoms with E-state index < -0.39 is 0 Å². The highest BCUT2D eigenvalue weighted by molar-refractivity contribution is 5.77. The third-order valence-electron chi connectivity index (χ3n) is 4.95. The lowest BCUT2D eigenvalue weighted by Crippen LogP contribution is -2.21. The van der Waals surface area contributed by atoms with E-state index in [1.807, 2.05) is 96.5 Å². The molecule has 156 valence electrons. The van der Waals surface area contributed by atoms with E-state index >= 15 is 0 Å². The normalized spacial score (nSPS) is 10.6. The van der Waals surface area contributed by atoms with E-state index in [1.165, 1.54) is 4.68 Å². The topological polar surface area (TPSA) is 123 Å². The molecule has 8 nitrogen and oxygen atoms in total. The van der Waals surface area contributed by atoms with E-state index in [0.29, 0.717) is 11.6 Å². The van der Waals surface area contributed by atoms with Crippen LogP contribution < -0.4 is 22.8 Å². The molecule has 3 aromatic carbocycles. The van der Waals surface area contributed by atoms with Crippen molar-refractivity contribution >= 4 is 28.5 Å². The molecular formula is C23H23N7O. The fraction of sp³-hybridized carbons (Fsp3) is 0.0435. The van der Waals surface area contributed by atoms with Gasteiger partial charge in [-0.1, -0.05) is 48.5 Å². The molecule has 0 atom stereocenters. The summed E-state index contributed by atoms with van der Waals surface area (Å²) < 4.78 is 4.96. The molecule has 0 saturated heterocycles. The van der Waals surface area contributed by atoms with Crippen molar-refractivity contribution in [2.24, 2.45) is 7.05 Å². The minimum atomic E-state index is -0.322. The van der Waals surface area contributed by atoms with Gasteiger partial charge in [0.05, 0.1) is 22.4 Å². The lowest BCUT2D eigenvalue weighted by atomic mass is 10.3. The van der Waals surface area contributed by atoms with Gasteiger partial charge in [0, 0.05) is 7.05 Å².